The predicted octanol–water partition coefficient (Wildman–Crippen LogP) is 1.48. The van der Waals surface area contributed by atoms with Crippen molar-refractivity contribution in [2.45, 2.75) is 13.0 Å². The average Bonchev–Trinajstić information content (AvgIpc) is 2.67. The number of carbonyl (C=O) groups excluding carboxylic acids is 1. The Hall–Kier alpha value is -2.71. The molecule has 0 bridgehead atoms. The molecule has 0 radical (unpaired) electrons. The van der Waals surface area contributed by atoms with Gasteiger partial charge in [-0.15, -0.1) is 0 Å². The molecule has 138 valence electrons. The molecular weight excluding hydrogens is 334 g/mol. The molecule has 1 saturated heterocycles. The summed E-state index contributed by atoms with van der Waals surface area (Å²) in [6, 6.07) is 9.18. The molecule has 1 atom stereocenters. The number of benzene rings is 1. The van der Waals surface area contributed by atoms with Gasteiger partial charge in [0.1, 0.15) is 0 Å². The summed E-state index contributed by atoms with van der Waals surface area (Å²) >= 11 is 0. The minimum atomic E-state index is -0.350. The van der Waals surface area contributed by atoms with Gasteiger partial charge >= 0.3 is 6.03 Å². The monoisotopic (exact) mass is 357 g/mol. The number of nitrogens with one attached hydrogen (secondary N) is 2. The van der Waals surface area contributed by atoms with E-state index in [0.717, 1.165) is 17.8 Å². The lowest BCUT2D eigenvalue weighted by atomic mass is 10.1. The number of hydrogen-bond acceptors (Lipinski definition) is 6. The van der Waals surface area contributed by atoms with Crippen LogP contribution in [0, 0.1) is 0 Å². The van der Waals surface area contributed by atoms with Crippen LogP contribution in [-0.4, -0.2) is 60.1 Å². The van der Waals surface area contributed by atoms with Crippen molar-refractivity contribution in [3.8, 4) is 11.3 Å². The lowest BCUT2D eigenvalue weighted by molar-refractivity contribution is 0.0981. The first kappa shape index (κ1) is 18.1. The van der Waals surface area contributed by atoms with Gasteiger partial charge in [-0.3, -0.25) is 0 Å². The lowest BCUT2D eigenvalue weighted by Crippen LogP contribution is -2.44. The highest BCUT2D eigenvalue weighted by molar-refractivity contribution is 5.89. The molecule has 0 spiro atoms. The van der Waals surface area contributed by atoms with Crippen molar-refractivity contribution in [2.24, 2.45) is 0 Å². The van der Waals surface area contributed by atoms with E-state index >= 15 is 0 Å². The third-order valence-corrected chi connectivity index (χ3v) is 4.10. The lowest BCUT2D eigenvalue weighted by Gasteiger charge is -2.33. The summed E-state index contributed by atoms with van der Waals surface area (Å²) in [7, 11) is 0. The van der Waals surface area contributed by atoms with Crippen molar-refractivity contribution < 1.29 is 14.6 Å². The average molecular weight is 357 g/mol. The highest BCUT2D eigenvalue weighted by atomic mass is 16.5. The SMILES string of the molecule is CC1COCCN1c1nccc(-c2ccc(NC(=O)NCCO)cc2)n1. The van der Waals surface area contributed by atoms with Gasteiger partial charge in [-0.2, -0.15) is 0 Å². The van der Waals surface area contributed by atoms with Crippen molar-refractivity contribution in [3.05, 3.63) is 36.5 Å². The molecule has 1 aromatic carbocycles. The van der Waals surface area contributed by atoms with Gasteiger partial charge in [-0.25, -0.2) is 14.8 Å². The van der Waals surface area contributed by atoms with Gasteiger partial charge in [0.05, 0.1) is 31.6 Å². The standard InChI is InChI=1S/C18H23N5O3/c1-13-12-26-11-9-23(13)17-19-7-6-16(22-17)14-2-4-15(5-3-14)21-18(25)20-8-10-24/h2-7,13,24H,8-12H2,1H3,(H2,20,21,25). The molecule has 2 heterocycles. The summed E-state index contributed by atoms with van der Waals surface area (Å²) in [6.07, 6.45) is 1.76. The highest BCUT2D eigenvalue weighted by Gasteiger charge is 2.21. The van der Waals surface area contributed by atoms with Crippen LogP contribution in [0.3, 0.4) is 0 Å². The van der Waals surface area contributed by atoms with E-state index in [9.17, 15) is 4.79 Å². The molecule has 8 heteroatoms. The molecule has 3 rings (SSSR count). The maximum absolute atomic E-state index is 11.6. The molecule has 2 amide bonds. The second-order valence-electron chi connectivity index (χ2n) is 6.04. The maximum atomic E-state index is 11.6. The minimum Gasteiger partial charge on any atom is -0.395 e. The Morgan fingerprint density at radius 1 is 1.35 bits per heavy atom. The topological polar surface area (TPSA) is 99.6 Å². The zero-order chi connectivity index (χ0) is 18.4. The molecule has 1 unspecified atom stereocenters. The van der Waals surface area contributed by atoms with E-state index in [-0.39, 0.29) is 25.2 Å². The van der Waals surface area contributed by atoms with E-state index in [0.29, 0.717) is 24.8 Å². The van der Waals surface area contributed by atoms with Gasteiger partial charge in [0.15, 0.2) is 0 Å². The molecule has 8 nitrogen and oxygen atoms in total. The van der Waals surface area contributed by atoms with E-state index in [2.05, 4.69) is 32.4 Å². The van der Waals surface area contributed by atoms with E-state index in [1.165, 1.54) is 0 Å². The molecule has 1 aromatic heterocycles. The van der Waals surface area contributed by atoms with Crippen LogP contribution in [-0.2, 0) is 4.74 Å². The Labute approximate surface area is 152 Å². The fraction of sp³-hybridized carbons (Fsp3) is 0.389. The highest BCUT2D eigenvalue weighted by Crippen LogP contribution is 2.22. The Morgan fingerprint density at radius 3 is 2.88 bits per heavy atom. The number of hydrogen-bond donors (Lipinski definition) is 3. The first-order valence-corrected chi connectivity index (χ1v) is 8.61. The van der Waals surface area contributed by atoms with Crippen LogP contribution in [0.1, 0.15) is 6.92 Å². The fourth-order valence-corrected chi connectivity index (χ4v) is 2.74. The Kier molecular flexibility index (Phi) is 5.98. The van der Waals surface area contributed by atoms with Gasteiger partial charge in [-0.05, 0) is 25.1 Å². The quantitative estimate of drug-likeness (QED) is 0.750. The number of aromatic nitrogens is 2. The van der Waals surface area contributed by atoms with E-state index in [4.69, 9.17) is 9.84 Å². The van der Waals surface area contributed by atoms with Crippen molar-refractivity contribution >= 4 is 17.7 Å². The largest absolute Gasteiger partial charge is 0.395 e. The number of ether oxygens (including phenoxy) is 1. The van der Waals surface area contributed by atoms with Crippen LogP contribution in [0.15, 0.2) is 36.5 Å². The molecule has 1 aliphatic heterocycles. The van der Waals surface area contributed by atoms with Gasteiger partial charge in [0.25, 0.3) is 0 Å². The van der Waals surface area contributed by atoms with Gasteiger partial charge in [0.2, 0.25) is 5.95 Å². The second-order valence-corrected chi connectivity index (χ2v) is 6.04. The summed E-state index contributed by atoms with van der Waals surface area (Å²) in [5, 5.41) is 14.0. The number of amides is 2. The third kappa shape index (κ3) is 4.47. The Balaban J connectivity index is 1.71. The van der Waals surface area contributed by atoms with Crippen LogP contribution in [0.4, 0.5) is 16.4 Å². The van der Waals surface area contributed by atoms with Gasteiger partial charge in [-0.1, -0.05) is 12.1 Å². The van der Waals surface area contributed by atoms with Crippen LogP contribution < -0.4 is 15.5 Å². The Morgan fingerprint density at radius 2 is 2.15 bits per heavy atom. The van der Waals surface area contributed by atoms with Crippen molar-refractivity contribution in [2.75, 3.05) is 43.1 Å². The zero-order valence-corrected chi connectivity index (χ0v) is 14.7. The zero-order valence-electron chi connectivity index (χ0n) is 14.7. The molecule has 2 aromatic rings. The van der Waals surface area contributed by atoms with Crippen LogP contribution in [0.25, 0.3) is 11.3 Å². The number of nitrogens with zero attached hydrogens (tertiary/aromatic N) is 3. The number of rotatable bonds is 5. The smallest absolute Gasteiger partial charge is 0.319 e. The molecular formula is C18H23N5O3. The molecule has 1 aliphatic rings. The third-order valence-electron chi connectivity index (χ3n) is 4.10. The van der Waals surface area contributed by atoms with Gasteiger partial charge < -0.3 is 25.4 Å². The second kappa shape index (κ2) is 8.59. The number of anilines is 2. The van der Waals surface area contributed by atoms with E-state index in [1.54, 1.807) is 6.20 Å². The van der Waals surface area contributed by atoms with Crippen molar-refractivity contribution in [1.82, 2.24) is 15.3 Å². The number of aliphatic hydroxyl groups excluding tert-OH is 1. The fourth-order valence-electron chi connectivity index (χ4n) is 2.74. The molecule has 26 heavy (non-hydrogen) atoms. The van der Waals surface area contributed by atoms with Crippen molar-refractivity contribution in [1.29, 1.82) is 0 Å². The first-order valence-electron chi connectivity index (χ1n) is 8.61. The normalized spacial score (nSPS) is 17.0. The summed E-state index contributed by atoms with van der Waals surface area (Å²) in [5.74, 6) is 0.698. The summed E-state index contributed by atoms with van der Waals surface area (Å²) in [6.45, 7) is 4.34. The predicted molar refractivity (Wildman–Crippen MR) is 99.2 cm³/mol. The Bertz CT molecular complexity index is 738. The molecule has 0 saturated carbocycles. The maximum Gasteiger partial charge on any atom is 0.319 e. The number of carbonyl (C=O) groups is 1. The van der Waals surface area contributed by atoms with Gasteiger partial charge in [0, 0.05) is 30.5 Å². The van der Waals surface area contributed by atoms with Crippen LogP contribution in [0.5, 0.6) is 0 Å². The number of aliphatic hydroxyl groups is 1. The van der Waals surface area contributed by atoms with E-state index < -0.39 is 0 Å². The minimum absolute atomic E-state index is 0.0931. The molecule has 0 aliphatic carbocycles. The number of urea groups is 1. The summed E-state index contributed by atoms with van der Waals surface area (Å²) in [4.78, 5) is 22.8. The number of morpholine rings is 1. The first-order chi connectivity index (χ1) is 12.7. The van der Waals surface area contributed by atoms with Crippen LogP contribution in [0.2, 0.25) is 0 Å². The molecule has 3 N–H and O–H groups in total. The van der Waals surface area contributed by atoms with E-state index in [1.807, 2.05) is 30.3 Å². The molecule has 1 fully saturated rings. The van der Waals surface area contributed by atoms with Crippen LogP contribution >= 0.6 is 0 Å². The summed E-state index contributed by atoms with van der Waals surface area (Å²) in [5.41, 5.74) is 2.43. The van der Waals surface area contributed by atoms with Crippen molar-refractivity contribution in [3.63, 3.8) is 0 Å². The summed E-state index contributed by atoms with van der Waals surface area (Å²) < 4.78 is 5.47.